The van der Waals surface area contributed by atoms with Gasteiger partial charge in [0.05, 0.1) is 11.3 Å². The molecule has 1 aromatic rings. The van der Waals surface area contributed by atoms with E-state index in [1.54, 1.807) is 6.07 Å². The molecule has 1 fully saturated rings. The van der Waals surface area contributed by atoms with Gasteiger partial charge in [-0.3, -0.25) is 0 Å². The number of rotatable bonds is 3. The van der Waals surface area contributed by atoms with E-state index in [0.29, 0.717) is 16.6 Å². The van der Waals surface area contributed by atoms with E-state index in [0.717, 1.165) is 18.8 Å². The SMILES string of the molecule is CN(C)CC1CCCN1c1cc(Cl)ccc1C#N. The van der Waals surface area contributed by atoms with Crippen LogP contribution in [-0.4, -0.2) is 38.1 Å². The number of nitrogens with zero attached hydrogens (tertiary/aromatic N) is 3. The first-order chi connectivity index (χ1) is 8.61. The zero-order chi connectivity index (χ0) is 13.1. The molecule has 0 saturated carbocycles. The van der Waals surface area contributed by atoms with E-state index < -0.39 is 0 Å². The van der Waals surface area contributed by atoms with Gasteiger partial charge in [0.25, 0.3) is 0 Å². The molecule has 3 nitrogen and oxygen atoms in total. The Hall–Kier alpha value is -1.24. The van der Waals surface area contributed by atoms with E-state index in [4.69, 9.17) is 11.6 Å². The highest BCUT2D eigenvalue weighted by Gasteiger charge is 2.26. The number of likely N-dealkylation sites (N-methyl/N-ethyl adjacent to an activating group) is 1. The zero-order valence-corrected chi connectivity index (χ0v) is 11.6. The van der Waals surface area contributed by atoms with Gasteiger partial charge in [-0.2, -0.15) is 5.26 Å². The summed E-state index contributed by atoms with van der Waals surface area (Å²) in [5.41, 5.74) is 1.69. The maximum Gasteiger partial charge on any atom is 0.101 e. The summed E-state index contributed by atoms with van der Waals surface area (Å²) in [6.45, 7) is 2.02. The van der Waals surface area contributed by atoms with Crippen molar-refractivity contribution in [2.24, 2.45) is 0 Å². The van der Waals surface area contributed by atoms with Crippen molar-refractivity contribution in [3.8, 4) is 6.07 Å². The van der Waals surface area contributed by atoms with Gasteiger partial charge >= 0.3 is 0 Å². The molecular weight excluding hydrogens is 246 g/mol. The van der Waals surface area contributed by atoms with Crippen LogP contribution in [0.25, 0.3) is 0 Å². The molecule has 1 aromatic carbocycles. The normalized spacial score (nSPS) is 19.3. The molecule has 4 heteroatoms. The first kappa shape index (κ1) is 13.2. The Bertz CT molecular complexity index is 465. The Morgan fingerprint density at radius 3 is 2.94 bits per heavy atom. The standard InChI is InChI=1S/C14H18ClN3/c1-17(2)10-13-4-3-7-18(13)14-8-12(15)6-5-11(14)9-16/h5-6,8,13H,3-4,7,10H2,1-2H3. The van der Waals surface area contributed by atoms with Crippen LogP contribution in [0.5, 0.6) is 0 Å². The van der Waals surface area contributed by atoms with E-state index in [1.165, 1.54) is 12.8 Å². The molecule has 0 aromatic heterocycles. The molecule has 0 amide bonds. The predicted molar refractivity (Wildman–Crippen MR) is 75.1 cm³/mol. The summed E-state index contributed by atoms with van der Waals surface area (Å²) >= 11 is 6.06. The van der Waals surface area contributed by atoms with Crippen molar-refractivity contribution in [2.75, 3.05) is 32.1 Å². The molecule has 1 heterocycles. The molecule has 2 rings (SSSR count). The van der Waals surface area contributed by atoms with Gasteiger partial charge in [-0.25, -0.2) is 0 Å². The Morgan fingerprint density at radius 2 is 2.28 bits per heavy atom. The smallest absolute Gasteiger partial charge is 0.101 e. The Labute approximate surface area is 114 Å². The maximum atomic E-state index is 9.21. The maximum absolute atomic E-state index is 9.21. The van der Waals surface area contributed by atoms with Gasteiger partial charge in [-0.1, -0.05) is 11.6 Å². The van der Waals surface area contributed by atoms with Gasteiger partial charge in [0.2, 0.25) is 0 Å². The van der Waals surface area contributed by atoms with E-state index in [1.807, 2.05) is 12.1 Å². The van der Waals surface area contributed by atoms with E-state index in [9.17, 15) is 5.26 Å². The Morgan fingerprint density at radius 1 is 1.50 bits per heavy atom. The molecule has 1 saturated heterocycles. The summed E-state index contributed by atoms with van der Waals surface area (Å²) in [6.07, 6.45) is 2.35. The molecule has 1 aliphatic heterocycles. The highest BCUT2D eigenvalue weighted by atomic mass is 35.5. The second kappa shape index (κ2) is 5.60. The molecule has 1 aliphatic rings. The molecule has 0 radical (unpaired) electrons. The van der Waals surface area contributed by atoms with Crippen LogP contribution in [0.15, 0.2) is 18.2 Å². The summed E-state index contributed by atoms with van der Waals surface area (Å²) in [4.78, 5) is 4.52. The average Bonchev–Trinajstić information content (AvgIpc) is 2.76. The Balaban J connectivity index is 2.30. The number of halogens is 1. The number of hydrogen-bond acceptors (Lipinski definition) is 3. The molecule has 18 heavy (non-hydrogen) atoms. The quantitative estimate of drug-likeness (QED) is 0.840. The lowest BCUT2D eigenvalue weighted by Gasteiger charge is -2.29. The van der Waals surface area contributed by atoms with Crippen LogP contribution in [0.4, 0.5) is 5.69 Å². The third-order valence-corrected chi connectivity index (χ3v) is 3.58. The number of hydrogen-bond donors (Lipinski definition) is 0. The highest BCUT2D eigenvalue weighted by Crippen LogP contribution is 2.30. The molecule has 0 aliphatic carbocycles. The molecular formula is C14H18ClN3. The van der Waals surface area contributed by atoms with Crippen LogP contribution in [-0.2, 0) is 0 Å². The van der Waals surface area contributed by atoms with Gasteiger partial charge in [0.15, 0.2) is 0 Å². The van der Waals surface area contributed by atoms with Crippen LogP contribution < -0.4 is 4.90 Å². The minimum atomic E-state index is 0.477. The largest absolute Gasteiger partial charge is 0.366 e. The third-order valence-electron chi connectivity index (χ3n) is 3.34. The van der Waals surface area contributed by atoms with Crippen molar-refractivity contribution < 1.29 is 0 Å². The molecule has 0 spiro atoms. The minimum Gasteiger partial charge on any atom is -0.366 e. The van der Waals surface area contributed by atoms with Crippen molar-refractivity contribution in [2.45, 2.75) is 18.9 Å². The third kappa shape index (κ3) is 2.77. The minimum absolute atomic E-state index is 0.477. The summed E-state index contributed by atoms with van der Waals surface area (Å²) in [6, 6.07) is 8.23. The first-order valence-corrected chi connectivity index (χ1v) is 6.60. The van der Waals surface area contributed by atoms with Gasteiger partial charge < -0.3 is 9.80 Å². The van der Waals surface area contributed by atoms with Gasteiger partial charge in [-0.15, -0.1) is 0 Å². The van der Waals surface area contributed by atoms with Crippen LogP contribution in [0.2, 0.25) is 5.02 Å². The van der Waals surface area contributed by atoms with E-state index in [-0.39, 0.29) is 0 Å². The highest BCUT2D eigenvalue weighted by molar-refractivity contribution is 6.30. The van der Waals surface area contributed by atoms with E-state index in [2.05, 4.69) is 30.0 Å². The lowest BCUT2D eigenvalue weighted by Crippen LogP contribution is -2.37. The average molecular weight is 264 g/mol. The summed E-state index contributed by atoms with van der Waals surface area (Å²) in [5, 5.41) is 9.90. The molecule has 96 valence electrons. The second-order valence-corrected chi connectivity index (χ2v) is 5.46. The van der Waals surface area contributed by atoms with Crippen molar-refractivity contribution in [3.05, 3.63) is 28.8 Å². The lowest BCUT2D eigenvalue weighted by molar-refractivity contribution is 0.372. The van der Waals surface area contributed by atoms with Crippen LogP contribution in [0, 0.1) is 11.3 Å². The van der Waals surface area contributed by atoms with Crippen LogP contribution in [0.1, 0.15) is 18.4 Å². The number of benzene rings is 1. The van der Waals surface area contributed by atoms with Crippen molar-refractivity contribution >= 4 is 17.3 Å². The summed E-state index contributed by atoms with van der Waals surface area (Å²) in [7, 11) is 4.17. The Kier molecular flexibility index (Phi) is 4.11. The fourth-order valence-corrected chi connectivity index (χ4v) is 2.77. The summed E-state index contributed by atoms with van der Waals surface area (Å²) < 4.78 is 0. The fourth-order valence-electron chi connectivity index (χ4n) is 2.60. The topological polar surface area (TPSA) is 30.3 Å². The van der Waals surface area contributed by atoms with Crippen LogP contribution >= 0.6 is 11.6 Å². The predicted octanol–water partition coefficient (Wildman–Crippen LogP) is 2.74. The zero-order valence-electron chi connectivity index (χ0n) is 10.9. The monoisotopic (exact) mass is 263 g/mol. The van der Waals surface area contributed by atoms with Gasteiger partial charge in [0, 0.05) is 24.2 Å². The number of nitriles is 1. The van der Waals surface area contributed by atoms with Gasteiger partial charge in [0.1, 0.15) is 6.07 Å². The lowest BCUT2D eigenvalue weighted by atomic mass is 10.1. The molecule has 0 N–H and O–H groups in total. The van der Waals surface area contributed by atoms with Crippen molar-refractivity contribution in [1.82, 2.24) is 4.90 Å². The molecule has 1 unspecified atom stereocenters. The van der Waals surface area contributed by atoms with Gasteiger partial charge in [-0.05, 0) is 45.1 Å². The first-order valence-electron chi connectivity index (χ1n) is 6.23. The van der Waals surface area contributed by atoms with Crippen molar-refractivity contribution in [3.63, 3.8) is 0 Å². The molecule has 0 bridgehead atoms. The second-order valence-electron chi connectivity index (χ2n) is 5.02. The van der Waals surface area contributed by atoms with Crippen LogP contribution in [0.3, 0.4) is 0 Å². The van der Waals surface area contributed by atoms with Crippen molar-refractivity contribution in [1.29, 1.82) is 5.26 Å². The van der Waals surface area contributed by atoms with E-state index >= 15 is 0 Å². The summed E-state index contributed by atoms with van der Waals surface area (Å²) in [5.74, 6) is 0. The molecule has 1 atom stereocenters. The fraction of sp³-hybridized carbons (Fsp3) is 0.500. The number of anilines is 1.